The predicted molar refractivity (Wildman–Crippen MR) is 70.3 cm³/mol. The fourth-order valence-electron chi connectivity index (χ4n) is 1.67. The highest BCUT2D eigenvalue weighted by Crippen LogP contribution is 2.25. The number of ether oxygens (including phenoxy) is 1. The molecule has 16 heavy (non-hydrogen) atoms. The summed E-state index contributed by atoms with van der Waals surface area (Å²) in [7, 11) is 0. The number of hydrogen-bond donors (Lipinski definition) is 0. The smallest absolute Gasteiger partial charge is 0.138 e. The van der Waals surface area contributed by atoms with E-state index in [0.29, 0.717) is 5.02 Å². The lowest BCUT2D eigenvalue weighted by Crippen LogP contribution is -2.11. The second-order valence-corrected chi connectivity index (χ2v) is 4.62. The molecule has 1 rings (SSSR count). The summed E-state index contributed by atoms with van der Waals surface area (Å²) >= 11 is 6.03. The molecule has 0 radical (unpaired) electrons. The second-order valence-electron chi connectivity index (χ2n) is 4.21. The maximum atomic E-state index is 6.03. The number of hydrogen-bond acceptors (Lipinski definition) is 1. The third-order valence-electron chi connectivity index (χ3n) is 2.63. The third kappa shape index (κ3) is 4.89. The van der Waals surface area contributed by atoms with Crippen LogP contribution in [0.1, 0.15) is 46.0 Å². The molecule has 0 aliphatic rings. The molecule has 2 heteroatoms. The summed E-state index contributed by atoms with van der Waals surface area (Å²) in [6, 6.07) is 7.65. The molecule has 0 saturated carbocycles. The molecule has 0 amide bonds. The van der Waals surface area contributed by atoms with E-state index in [9.17, 15) is 0 Å². The number of unbranched alkanes of at least 4 members (excludes halogenated alkanes) is 3. The van der Waals surface area contributed by atoms with E-state index in [-0.39, 0.29) is 6.10 Å². The Morgan fingerprint density at radius 1 is 1.19 bits per heavy atom. The van der Waals surface area contributed by atoms with Gasteiger partial charge < -0.3 is 4.74 Å². The average molecular weight is 241 g/mol. The van der Waals surface area contributed by atoms with Crippen LogP contribution in [-0.2, 0) is 0 Å². The summed E-state index contributed by atoms with van der Waals surface area (Å²) in [5.74, 6) is 0.798. The van der Waals surface area contributed by atoms with Crippen LogP contribution in [0.25, 0.3) is 0 Å². The van der Waals surface area contributed by atoms with E-state index >= 15 is 0 Å². The van der Waals surface area contributed by atoms with Crippen molar-refractivity contribution in [1.82, 2.24) is 0 Å². The van der Waals surface area contributed by atoms with Crippen LogP contribution < -0.4 is 4.74 Å². The van der Waals surface area contributed by atoms with Crippen molar-refractivity contribution < 1.29 is 4.74 Å². The minimum atomic E-state index is 0.247. The molecule has 1 aromatic rings. The number of halogens is 1. The Morgan fingerprint density at radius 3 is 2.62 bits per heavy atom. The maximum absolute atomic E-state index is 6.03. The summed E-state index contributed by atoms with van der Waals surface area (Å²) in [5.41, 5.74) is 0. The van der Waals surface area contributed by atoms with Crippen molar-refractivity contribution in [1.29, 1.82) is 0 Å². The van der Waals surface area contributed by atoms with Gasteiger partial charge >= 0.3 is 0 Å². The highest BCUT2D eigenvalue weighted by atomic mass is 35.5. The zero-order valence-electron chi connectivity index (χ0n) is 10.2. The Kier molecular flexibility index (Phi) is 6.32. The monoisotopic (exact) mass is 240 g/mol. The lowest BCUT2D eigenvalue weighted by Gasteiger charge is -2.15. The van der Waals surface area contributed by atoms with Crippen molar-refractivity contribution in [2.75, 3.05) is 0 Å². The second kappa shape index (κ2) is 7.56. The summed E-state index contributed by atoms with van der Waals surface area (Å²) in [6.45, 7) is 4.33. The molecule has 0 heterocycles. The Labute approximate surface area is 104 Å². The van der Waals surface area contributed by atoms with E-state index < -0.39 is 0 Å². The van der Waals surface area contributed by atoms with Crippen molar-refractivity contribution in [3.63, 3.8) is 0 Å². The number of para-hydroxylation sites is 1. The van der Waals surface area contributed by atoms with Gasteiger partial charge in [-0.15, -0.1) is 0 Å². The van der Waals surface area contributed by atoms with Crippen molar-refractivity contribution in [2.45, 2.75) is 52.1 Å². The summed E-state index contributed by atoms with van der Waals surface area (Å²) in [6.07, 6.45) is 6.48. The molecule has 0 spiro atoms. The van der Waals surface area contributed by atoms with Gasteiger partial charge in [-0.1, -0.05) is 49.9 Å². The van der Waals surface area contributed by atoms with E-state index in [1.807, 2.05) is 24.3 Å². The Balaban J connectivity index is 2.28. The number of rotatable bonds is 7. The van der Waals surface area contributed by atoms with Crippen LogP contribution in [-0.4, -0.2) is 6.10 Å². The van der Waals surface area contributed by atoms with Crippen LogP contribution in [0.2, 0.25) is 5.02 Å². The topological polar surface area (TPSA) is 9.23 Å². The van der Waals surface area contributed by atoms with Gasteiger partial charge in [0.25, 0.3) is 0 Å². The van der Waals surface area contributed by atoms with E-state index in [1.54, 1.807) is 0 Å². The average Bonchev–Trinajstić information content (AvgIpc) is 2.28. The first-order valence-electron chi connectivity index (χ1n) is 6.15. The van der Waals surface area contributed by atoms with Gasteiger partial charge in [0.05, 0.1) is 11.1 Å². The minimum absolute atomic E-state index is 0.247. The zero-order valence-corrected chi connectivity index (χ0v) is 11.0. The van der Waals surface area contributed by atoms with E-state index in [0.717, 1.165) is 12.2 Å². The molecule has 0 saturated heterocycles. The Bertz CT molecular complexity index is 299. The van der Waals surface area contributed by atoms with Crippen LogP contribution in [0, 0.1) is 0 Å². The zero-order chi connectivity index (χ0) is 11.8. The molecule has 0 aliphatic heterocycles. The molecular formula is C14H21ClO. The molecule has 1 atom stereocenters. The van der Waals surface area contributed by atoms with E-state index in [1.165, 1.54) is 25.7 Å². The minimum Gasteiger partial charge on any atom is -0.489 e. The first kappa shape index (κ1) is 13.4. The fraction of sp³-hybridized carbons (Fsp3) is 0.571. The summed E-state index contributed by atoms with van der Waals surface area (Å²) in [4.78, 5) is 0. The molecule has 0 N–H and O–H groups in total. The highest BCUT2D eigenvalue weighted by molar-refractivity contribution is 6.32. The van der Waals surface area contributed by atoms with Gasteiger partial charge in [0.2, 0.25) is 0 Å². The van der Waals surface area contributed by atoms with Gasteiger partial charge in [-0.3, -0.25) is 0 Å². The van der Waals surface area contributed by atoms with Gasteiger partial charge in [-0.25, -0.2) is 0 Å². The van der Waals surface area contributed by atoms with Crippen LogP contribution in [0.15, 0.2) is 24.3 Å². The molecule has 0 fully saturated rings. The first-order valence-corrected chi connectivity index (χ1v) is 6.53. The van der Waals surface area contributed by atoms with Crippen molar-refractivity contribution in [2.24, 2.45) is 0 Å². The maximum Gasteiger partial charge on any atom is 0.138 e. The van der Waals surface area contributed by atoms with Crippen LogP contribution in [0.4, 0.5) is 0 Å². The SMILES string of the molecule is CCCCCC[C@@H](C)Oc1ccccc1Cl. The van der Waals surface area contributed by atoms with Gasteiger partial charge in [-0.05, 0) is 31.9 Å². The largest absolute Gasteiger partial charge is 0.489 e. The third-order valence-corrected chi connectivity index (χ3v) is 2.94. The van der Waals surface area contributed by atoms with E-state index in [4.69, 9.17) is 16.3 Å². The van der Waals surface area contributed by atoms with Crippen LogP contribution in [0.3, 0.4) is 0 Å². The van der Waals surface area contributed by atoms with E-state index in [2.05, 4.69) is 13.8 Å². The molecule has 0 aromatic heterocycles. The molecule has 0 bridgehead atoms. The summed E-state index contributed by atoms with van der Waals surface area (Å²) in [5, 5.41) is 0.697. The fourth-order valence-corrected chi connectivity index (χ4v) is 1.85. The van der Waals surface area contributed by atoms with Crippen LogP contribution >= 0.6 is 11.6 Å². The number of benzene rings is 1. The van der Waals surface area contributed by atoms with Gasteiger partial charge in [0.1, 0.15) is 5.75 Å². The molecule has 90 valence electrons. The highest BCUT2D eigenvalue weighted by Gasteiger charge is 2.06. The van der Waals surface area contributed by atoms with Crippen molar-refractivity contribution in [3.05, 3.63) is 29.3 Å². The quantitative estimate of drug-likeness (QED) is 0.604. The molecular weight excluding hydrogens is 220 g/mol. The predicted octanol–water partition coefficient (Wildman–Crippen LogP) is 5.08. The normalized spacial score (nSPS) is 12.4. The first-order chi connectivity index (χ1) is 7.74. The lowest BCUT2D eigenvalue weighted by molar-refractivity contribution is 0.206. The van der Waals surface area contributed by atoms with Crippen molar-refractivity contribution in [3.8, 4) is 5.75 Å². The summed E-state index contributed by atoms with van der Waals surface area (Å²) < 4.78 is 5.79. The lowest BCUT2D eigenvalue weighted by atomic mass is 10.1. The Morgan fingerprint density at radius 2 is 1.94 bits per heavy atom. The molecule has 0 aliphatic carbocycles. The van der Waals surface area contributed by atoms with Gasteiger partial charge in [0.15, 0.2) is 0 Å². The van der Waals surface area contributed by atoms with Crippen molar-refractivity contribution >= 4 is 11.6 Å². The molecule has 1 nitrogen and oxygen atoms in total. The van der Waals surface area contributed by atoms with Gasteiger partial charge in [0, 0.05) is 0 Å². The Hall–Kier alpha value is -0.690. The van der Waals surface area contributed by atoms with Crippen LogP contribution in [0.5, 0.6) is 5.75 Å². The standard InChI is InChI=1S/C14H21ClO/c1-3-4-5-6-9-12(2)16-14-11-8-7-10-13(14)15/h7-8,10-12H,3-6,9H2,1-2H3/t12-/m1/s1. The molecule has 1 aromatic carbocycles. The molecule has 0 unspecified atom stereocenters. The van der Waals surface area contributed by atoms with Gasteiger partial charge in [-0.2, -0.15) is 0 Å².